The molecule has 8 nitrogen and oxygen atoms in total. The molecule has 0 radical (unpaired) electrons. The molecular weight excluding hydrogens is 509 g/mol. The molecule has 0 saturated carbocycles. The lowest BCUT2D eigenvalue weighted by Gasteiger charge is -2.22. The highest BCUT2D eigenvalue weighted by molar-refractivity contribution is 7.22. The van der Waals surface area contributed by atoms with Crippen molar-refractivity contribution in [2.45, 2.75) is 6.04 Å². The number of rotatable bonds is 5. The molecule has 2 aromatic carbocycles. The largest absolute Gasteiger partial charge is 0.507 e. The van der Waals surface area contributed by atoms with E-state index in [-0.39, 0.29) is 27.0 Å². The number of carbonyl (C=O) groups is 2. The number of halogens is 2. The van der Waals surface area contributed by atoms with E-state index in [0.717, 1.165) is 11.3 Å². The summed E-state index contributed by atoms with van der Waals surface area (Å²) in [5.74, 6) is -2.15. The van der Waals surface area contributed by atoms with Crippen molar-refractivity contribution in [1.29, 1.82) is 0 Å². The summed E-state index contributed by atoms with van der Waals surface area (Å²) in [6.45, 7) is 0. The van der Waals surface area contributed by atoms with Gasteiger partial charge in [-0.3, -0.25) is 19.5 Å². The van der Waals surface area contributed by atoms with Crippen LogP contribution in [0.4, 0.5) is 9.52 Å². The van der Waals surface area contributed by atoms with Gasteiger partial charge >= 0.3 is 5.91 Å². The molecule has 0 aliphatic carbocycles. The van der Waals surface area contributed by atoms with Crippen molar-refractivity contribution in [2.24, 2.45) is 0 Å². The predicted octanol–water partition coefficient (Wildman–Crippen LogP) is 5.13. The first-order valence-corrected chi connectivity index (χ1v) is 11.7. The second kappa shape index (κ2) is 9.21. The van der Waals surface area contributed by atoms with Gasteiger partial charge in [0.15, 0.2) is 5.13 Å². The highest BCUT2D eigenvalue weighted by Gasteiger charge is 2.48. The molecule has 1 saturated heterocycles. The van der Waals surface area contributed by atoms with Crippen molar-refractivity contribution in [3.05, 3.63) is 82.4 Å². The lowest BCUT2D eigenvalue weighted by Crippen LogP contribution is -2.29. The smallest absolute Gasteiger partial charge is 0.301 e. The number of ether oxygens (including phenoxy) is 2. The molecule has 1 unspecified atom stereocenters. The first kappa shape index (κ1) is 23.7. The zero-order chi connectivity index (χ0) is 25.6. The third-order valence-corrected chi connectivity index (χ3v) is 7.04. The molecule has 3 heterocycles. The number of aliphatic hydroxyl groups is 1. The first-order chi connectivity index (χ1) is 17.3. The van der Waals surface area contributed by atoms with Crippen LogP contribution in [0.25, 0.3) is 16.0 Å². The van der Waals surface area contributed by atoms with E-state index in [9.17, 15) is 19.1 Å². The normalized spacial score (nSPS) is 17.1. The monoisotopic (exact) mass is 525 g/mol. The Morgan fingerprint density at radius 2 is 1.97 bits per heavy atom. The number of amides is 1. The summed E-state index contributed by atoms with van der Waals surface area (Å²) in [5.41, 5.74) is 0.863. The third-order valence-electron chi connectivity index (χ3n) is 5.73. The summed E-state index contributed by atoms with van der Waals surface area (Å²) in [6, 6.07) is 9.53. The van der Waals surface area contributed by atoms with Gasteiger partial charge < -0.3 is 14.6 Å². The lowest BCUT2D eigenvalue weighted by molar-refractivity contribution is -0.132. The minimum atomic E-state index is -1.05. The third kappa shape index (κ3) is 3.84. The van der Waals surface area contributed by atoms with E-state index in [1.54, 1.807) is 30.5 Å². The van der Waals surface area contributed by atoms with E-state index in [4.69, 9.17) is 21.1 Å². The fraction of sp³-hybridized carbons (Fsp3) is 0.120. The second-order valence-electron chi connectivity index (χ2n) is 7.75. The Morgan fingerprint density at radius 1 is 1.17 bits per heavy atom. The number of Topliss-reactive ketones (excluding diaryl/α,β-unsaturated/α-hetero) is 1. The number of hydrogen-bond donors (Lipinski definition) is 1. The zero-order valence-corrected chi connectivity index (χ0v) is 20.4. The number of thiazole rings is 1. The average molecular weight is 526 g/mol. The Labute approximate surface area is 213 Å². The summed E-state index contributed by atoms with van der Waals surface area (Å²) in [6.07, 6.45) is 3.04. The van der Waals surface area contributed by atoms with E-state index in [2.05, 4.69) is 9.97 Å². The average Bonchev–Trinajstić information content (AvgIpc) is 3.41. The molecule has 4 aromatic rings. The number of pyridine rings is 1. The number of nitrogens with zero attached hydrogens (tertiary/aromatic N) is 3. The molecule has 1 aliphatic heterocycles. The van der Waals surface area contributed by atoms with Crippen LogP contribution in [-0.4, -0.2) is 41.0 Å². The fourth-order valence-electron chi connectivity index (χ4n) is 4.04. The number of aromatic nitrogens is 2. The summed E-state index contributed by atoms with van der Waals surface area (Å²) >= 11 is 6.92. The topological polar surface area (TPSA) is 102 Å². The van der Waals surface area contributed by atoms with Gasteiger partial charge in [0.05, 0.1) is 46.6 Å². The number of ketones is 1. The molecule has 36 heavy (non-hydrogen) atoms. The highest BCUT2D eigenvalue weighted by Crippen LogP contribution is 2.45. The number of carbonyl (C=O) groups excluding carboxylic acids is 2. The number of methoxy groups -OCH3 is 2. The Morgan fingerprint density at radius 3 is 2.67 bits per heavy atom. The van der Waals surface area contributed by atoms with Gasteiger partial charge in [-0.1, -0.05) is 29.0 Å². The molecule has 1 fully saturated rings. The minimum Gasteiger partial charge on any atom is -0.507 e. The maximum atomic E-state index is 14.0. The standard InChI is InChI=1S/C25H17ClFN3O5S/c1-34-13-5-6-14(18(8-13)35-2)22(31)20-21(12-4-3-7-28-11-12)30(24(33)23(20)32)25-29-17-9-15(26)16(27)10-19(17)36-25/h3-11,21,31H,1-2H3/b22-20+. The van der Waals surface area contributed by atoms with Gasteiger partial charge in [0.1, 0.15) is 23.1 Å². The molecule has 0 bridgehead atoms. The quantitative estimate of drug-likeness (QED) is 0.219. The summed E-state index contributed by atoms with van der Waals surface area (Å²) in [4.78, 5) is 36.4. The van der Waals surface area contributed by atoms with E-state index >= 15 is 0 Å². The predicted molar refractivity (Wildman–Crippen MR) is 133 cm³/mol. The van der Waals surface area contributed by atoms with Crippen molar-refractivity contribution >= 4 is 55.7 Å². The molecule has 2 aromatic heterocycles. The lowest BCUT2D eigenvalue weighted by atomic mass is 9.96. The Bertz CT molecular complexity index is 1520. The van der Waals surface area contributed by atoms with Gasteiger partial charge in [-0.15, -0.1) is 0 Å². The number of benzene rings is 2. The molecule has 1 amide bonds. The highest BCUT2D eigenvalue weighted by atomic mass is 35.5. The first-order valence-electron chi connectivity index (χ1n) is 10.5. The van der Waals surface area contributed by atoms with E-state index in [0.29, 0.717) is 21.5 Å². The van der Waals surface area contributed by atoms with Crippen molar-refractivity contribution in [3.63, 3.8) is 0 Å². The van der Waals surface area contributed by atoms with Crippen molar-refractivity contribution in [1.82, 2.24) is 9.97 Å². The molecule has 182 valence electrons. The number of aliphatic hydroxyl groups excluding tert-OH is 1. The Balaban J connectivity index is 1.73. The summed E-state index contributed by atoms with van der Waals surface area (Å²) < 4.78 is 25.1. The Kier molecular flexibility index (Phi) is 6.07. The number of fused-ring (bicyclic) bond motifs is 1. The number of anilines is 1. The SMILES string of the molecule is COc1ccc(/C(O)=C2\C(=O)C(=O)N(c3nc4cc(Cl)c(F)cc4s3)C2c2cccnc2)c(OC)c1. The maximum absolute atomic E-state index is 14.0. The maximum Gasteiger partial charge on any atom is 0.301 e. The Hall–Kier alpha value is -4.02. The van der Waals surface area contributed by atoms with Crippen LogP contribution in [0.3, 0.4) is 0 Å². The van der Waals surface area contributed by atoms with Crippen LogP contribution in [0.2, 0.25) is 5.02 Å². The number of hydrogen-bond acceptors (Lipinski definition) is 8. The van der Waals surface area contributed by atoms with Gasteiger partial charge in [0.25, 0.3) is 5.78 Å². The van der Waals surface area contributed by atoms with Gasteiger partial charge in [-0.25, -0.2) is 9.37 Å². The minimum absolute atomic E-state index is 0.114. The molecule has 1 atom stereocenters. The molecule has 0 spiro atoms. The second-order valence-corrected chi connectivity index (χ2v) is 9.17. The molecule has 1 aliphatic rings. The molecule has 1 N–H and O–H groups in total. The van der Waals surface area contributed by atoms with Crippen LogP contribution < -0.4 is 14.4 Å². The van der Waals surface area contributed by atoms with Crippen molar-refractivity contribution in [3.8, 4) is 11.5 Å². The molecule has 5 rings (SSSR count). The molecule has 11 heteroatoms. The van der Waals surface area contributed by atoms with Crippen LogP contribution >= 0.6 is 22.9 Å². The molecular formula is C25H17ClFN3O5S. The zero-order valence-electron chi connectivity index (χ0n) is 18.9. The van der Waals surface area contributed by atoms with Crippen molar-refractivity contribution in [2.75, 3.05) is 19.1 Å². The van der Waals surface area contributed by atoms with Gasteiger partial charge in [-0.2, -0.15) is 0 Å². The van der Waals surface area contributed by atoms with Crippen LogP contribution in [0.15, 0.2) is 60.4 Å². The van der Waals surface area contributed by atoms with Crippen LogP contribution in [0.5, 0.6) is 11.5 Å². The van der Waals surface area contributed by atoms with E-state index in [1.165, 1.54) is 43.5 Å². The summed E-state index contributed by atoms with van der Waals surface area (Å²) in [5, 5.41) is 11.4. The van der Waals surface area contributed by atoms with E-state index in [1.807, 2.05) is 0 Å². The van der Waals surface area contributed by atoms with Crippen LogP contribution in [-0.2, 0) is 9.59 Å². The summed E-state index contributed by atoms with van der Waals surface area (Å²) in [7, 11) is 2.90. The fourth-order valence-corrected chi connectivity index (χ4v) is 5.19. The van der Waals surface area contributed by atoms with Gasteiger partial charge in [0, 0.05) is 18.5 Å². The van der Waals surface area contributed by atoms with Crippen molar-refractivity contribution < 1.29 is 28.6 Å². The van der Waals surface area contributed by atoms with Gasteiger partial charge in [0.2, 0.25) is 0 Å². The van der Waals surface area contributed by atoms with Crippen LogP contribution in [0, 0.1) is 5.82 Å². The van der Waals surface area contributed by atoms with E-state index < -0.39 is 29.3 Å². The van der Waals surface area contributed by atoms with Crippen LogP contribution in [0.1, 0.15) is 17.2 Å². The van der Waals surface area contributed by atoms with Gasteiger partial charge in [-0.05, 0) is 35.9 Å².